The molecule has 0 radical (unpaired) electrons. The molecule has 29 heavy (non-hydrogen) atoms. The van der Waals surface area contributed by atoms with E-state index in [0.717, 1.165) is 18.2 Å². The second-order valence-corrected chi connectivity index (χ2v) is 8.96. The molecule has 1 aliphatic rings. The van der Waals surface area contributed by atoms with Gasteiger partial charge in [-0.15, -0.1) is 0 Å². The molecule has 158 valence electrons. The zero-order chi connectivity index (χ0) is 21.6. The number of primary amides is 1. The number of amidine groups is 1. The van der Waals surface area contributed by atoms with Crippen LogP contribution >= 0.6 is 0 Å². The first-order valence-corrected chi connectivity index (χ1v) is 11.4. The largest absolute Gasteiger partial charge is 0.369 e. The summed E-state index contributed by atoms with van der Waals surface area (Å²) in [5, 5.41) is 6.30. The molecular formula is C20H29N5O3S. The Balaban J connectivity index is 2.57. The molecule has 0 saturated carbocycles. The van der Waals surface area contributed by atoms with Crippen LogP contribution in [0.4, 0.5) is 5.69 Å². The summed E-state index contributed by atoms with van der Waals surface area (Å²) in [5.41, 5.74) is 13.1. The van der Waals surface area contributed by atoms with Crippen LogP contribution in [0.3, 0.4) is 0 Å². The Morgan fingerprint density at radius 1 is 1.34 bits per heavy atom. The molecule has 1 heterocycles. The van der Waals surface area contributed by atoms with Crippen LogP contribution < -0.4 is 22.1 Å². The summed E-state index contributed by atoms with van der Waals surface area (Å²) in [7, 11) is -3.37. The molecule has 9 heteroatoms. The van der Waals surface area contributed by atoms with Crippen molar-refractivity contribution < 1.29 is 13.2 Å². The zero-order valence-electron chi connectivity index (χ0n) is 17.0. The Kier molecular flexibility index (Phi) is 7.58. The molecule has 1 aromatic carbocycles. The quantitative estimate of drug-likeness (QED) is 0.528. The maximum absolute atomic E-state index is 12.1. The molecule has 1 unspecified atom stereocenters. The number of nitrogens with two attached hydrogens (primary N) is 2. The topological polar surface area (TPSA) is 140 Å². The van der Waals surface area contributed by atoms with Crippen LogP contribution in [0.25, 0.3) is 0 Å². The van der Waals surface area contributed by atoms with Crippen LogP contribution in [-0.4, -0.2) is 39.5 Å². The number of nitrogens with zero attached hydrogens (tertiary/aromatic N) is 1. The zero-order valence-corrected chi connectivity index (χ0v) is 17.8. The summed E-state index contributed by atoms with van der Waals surface area (Å²) < 4.78 is 23.7. The van der Waals surface area contributed by atoms with Crippen molar-refractivity contribution in [2.75, 3.05) is 24.7 Å². The molecule has 0 saturated heterocycles. The SMILES string of the molecule is CC/C1=C(NCCN)/N=C(Nc2cccc(S(C)(=O)=O)c2)/C(C(N)=O)=C/CC1C. The summed E-state index contributed by atoms with van der Waals surface area (Å²) >= 11 is 0. The van der Waals surface area contributed by atoms with E-state index in [9.17, 15) is 13.2 Å². The smallest absolute Gasteiger partial charge is 0.252 e. The highest BCUT2D eigenvalue weighted by Crippen LogP contribution is 2.26. The Hall–Kier alpha value is -2.65. The Bertz CT molecular complexity index is 964. The fourth-order valence-electron chi connectivity index (χ4n) is 3.12. The molecule has 0 fully saturated rings. The number of carbonyl (C=O) groups excluding carboxylic acids is 1. The number of aliphatic imine (C=N–C) groups is 1. The molecule has 1 amide bonds. The lowest BCUT2D eigenvalue weighted by atomic mass is 9.93. The predicted molar refractivity (Wildman–Crippen MR) is 116 cm³/mol. The first-order chi connectivity index (χ1) is 13.7. The van der Waals surface area contributed by atoms with Crippen LogP contribution in [0.15, 0.2) is 57.2 Å². The van der Waals surface area contributed by atoms with Gasteiger partial charge in [-0.05, 0) is 42.5 Å². The van der Waals surface area contributed by atoms with Gasteiger partial charge in [-0.1, -0.05) is 26.0 Å². The number of nitrogens with one attached hydrogen (secondary N) is 2. The first kappa shape index (κ1) is 22.6. The summed E-state index contributed by atoms with van der Waals surface area (Å²) in [6.07, 6.45) is 4.32. The molecule has 6 N–H and O–H groups in total. The van der Waals surface area contributed by atoms with Gasteiger partial charge >= 0.3 is 0 Å². The summed E-state index contributed by atoms with van der Waals surface area (Å²) in [4.78, 5) is 16.9. The second-order valence-electron chi connectivity index (χ2n) is 6.95. The van der Waals surface area contributed by atoms with E-state index in [1.165, 1.54) is 12.1 Å². The number of hydrogen-bond acceptors (Lipinski definition) is 7. The van der Waals surface area contributed by atoms with Crippen molar-refractivity contribution in [1.29, 1.82) is 0 Å². The molecule has 0 spiro atoms. The van der Waals surface area contributed by atoms with E-state index >= 15 is 0 Å². The number of rotatable bonds is 7. The van der Waals surface area contributed by atoms with Crippen molar-refractivity contribution in [2.45, 2.75) is 31.6 Å². The number of carbonyl (C=O) groups is 1. The van der Waals surface area contributed by atoms with E-state index < -0.39 is 15.7 Å². The van der Waals surface area contributed by atoms with Gasteiger partial charge in [0.1, 0.15) is 11.7 Å². The first-order valence-electron chi connectivity index (χ1n) is 9.50. The van der Waals surface area contributed by atoms with Gasteiger partial charge < -0.3 is 22.1 Å². The van der Waals surface area contributed by atoms with Crippen LogP contribution in [0.2, 0.25) is 0 Å². The maximum atomic E-state index is 12.1. The van der Waals surface area contributed by atoms with E-state index in [2.05, 4.69) is 29.5 Å². The molecule has 0 aromatic heterocycles. The Morgan fingerprint density at radius 2 is 2.07 bits per heavy atom. The summed E-state index contributed by atoms with van der Waals surface area (Å²) in [6.45, 7) is 5.08. The van der Waals surface area contributed by atoms with E-state index in [1.54, 1.807) is 18.2 Å². The lowest BCUT2D eigenvalue weighted by Gasteiger charge is -2.22. The third-order valence-electron chi connectivity index (χ3n) is 4.66. The number of hydrogen-bond donors (Lipinski definition) is 4. The minimum Gasteiger partial charge on any atom is -0.369 e. The molecule has 0 bridgehead atoms. The van der Waals surface area contributed by atoms with Gasteiger partial charge in [0.15, 0.2) is 9.84 Å². The number of sulfone groups is 1. The van der Waals surface area contributed by atoms with Gasteiger partial charge in [-0.3, -0.25) is 4.79 Å². The Morgan fingerprint density at radius 3 is 2.66 bits per heavy atom. The minimum absolute atomic E-state index is 0.165. The van der Waals surface area contributed by atoms with Crippen LogP contribution in [-0.2, 0) is 14.6 Å². The average Bonchev–Trinajstić information content (AvgIpc) is 2.64. The number of anilines is 1. The highest BCUT2D eigenvalue weighted by molar-refractivity contribution is 7.90. The van der Waals surface area contributed by atoms with Crippen molar-refractivity contribution in [3.63, 3.8) is 0 Å². The van der Waals surface area contributed by atoms with Crippen molar-refractivity contribution in [1.82, 2.24) is 5.32 Å². The van der Waals surface area contributed by atoms with Crippen molar-refractivity contribution >= 4 is 27.3 Å². The van der Waals surface area contributed by atoms with Crippen molar-refractivity contribution in [2.24, 2.45) is 22.4 Å². The fraction of sp³-hybridized carbons (Fsp3) is 0.400. The van der Waals surface area contributed by atoms with Gasteiger partial charge in [0.2, 0.25) is 0 Å². The fourth-order valence-corrected chi connectivity index (χ4v) is 3.79. The Labute approximate surface area is 172 Å². The van der Waals surface area contributed by atoms with Gasteiger partial charge in [0.05, 0.1) is 10.5 Å². The van der Waals surface area contributed by atoms with Gasteiger partial charge in [-0.25, -0.2) is 13.4 Å². The molecule has 1 aromatic rings. The highest BCUT2D eigenvalue weighted by Gasteiger charge is 2.21. The van der Waals surface area contributed by atoms with Gasteiger partial charge in [0.25, 0.3) is 5.91 Å². The summed E-state index contributed by atoms with van der Waals surface area (Å²) in [6, 6.07) is 6.33. The van der Waals surface area contributed by atoms with Crippen LogP contribution in [0.1, 0.15) is 26.7 Å². The minimum atomic E-state index is -3.37. The molecule has 8 nitrogen and oxygen atoms in total. The molecule has 2 rings (SSSR count). The normalized spacial score (nSPS) is 23.8. The standard InChI is InChI=1S/C20H29N5O3S/c1-4-16-13(2)8-9-17(18(22)26)20(25-19(16)23-11-10-21)24-14-6-5-7-15(12-14)29(3,27)28/h5-7,9,12-13,23H,4,8,10-11,21H2,1-3H3,(H2,22,26)(H,24,25)/b17-9+,19-16-. The van der Waals surface area contributed by atoms with E-state index in [-0.39, 0.29) is 22.2 Å². The number of allylic oxidation sites excluding steroid dienone is 2. The van der Waals surface area contributed by atoms with E-state index in [4.69, 9.17) is 11.5 Å². The summed E-state index contributed by atoms with van der Waals surface area (Å²) in [5.74, 6) is 0.480. The predicted octanol–water partition coefficient (Wildman–Crippen LogP) is 1.52. The second kappa shape index (κ2) is 9.71. The molecular weight excluding hydrogens is 390 g/mol. The monoisotopic (exact) mass is 419 g/mol. The molecule has 1 aliphatic heterocycles. The number of benzene rings is 1. The highest BCUT2D eigenvalue weighted by atomic mass is 32.2. The third-order valence-corrected chi connectivity index (χ3v) is 5.77. The maximum Gasteiger partial charge on any atom is 0.252 e. The van der Waals surface area contributed by atoms with E-state index in [1.807, 2.05) is 0 Å². The third kappa shape index (κ3) is 5.91. The molecule has 0 aliphatic carbocycles. The lowest BCUT2D eigenvalue weighted by Crippen LogP contribution is -2.30. The lowest BCUT2D eigenvalue weighted by molar-refractivity contribution is -0.114. The average molecular weight is 420 g/mol. The van der Waals surface area contributed by atoms with Crippen LogP contribution in [0.5, 0.6) is 0 Å². The van der Waals surface area contributed by atoms with Crippen LogP contribution in [0, 0.1) is 5.92 Å². The van der Waals surface area contributed by atoms with Gasteiger partial charge in [0, 0.05) is 25.0 Å². The van der Waals surface area contributed by atoms with Gasteiger partial charge in [-0.2, -0.15) is 0 Å². The van der Waals surface area contributed by atoms with Crippen molar-refractivity contribution in [3.05, 3.63) is 47.3 Å². The van der Waals surface area contributed by atoms with E-state index in [0.29, 0.717) is 31.0 Å². The number of amides is 1. The van der Waals surface area contributed by atoms with Crippen molar-refractivity contribution in [3.8, 4) is 0 Å². The molecule has 1 atom stereocenters.